The fraction of sp³-hybridized carbons (Fsp3) is 0.583. The van der Waals surface area contributed by atoms with Gasteiger partial charge >= 0.3 is 0 Å². The van der Waals surface area contributed by atoms with Gasteiger partial charge in [-0.1, -0.05) is 0 Å². The zero-order valence-corrected chi connectivity index (χ0v) is 12.8. The number of halogens is 1. The first kappa shape index (κ1) is 15.4. The Balaban J connectivity index is 1.62. The fourth-order valence-corrected chi connectivity index (χ4v) is 2.08. The molecule has 2 N–H and O–H groups in total. The fourth-order valence-electron chi connectivity index (χ4n) is 1.93. The second-order valence-corrected chi connectivity index (χ2v) is 5.02. The molecule has 0 aliphatic rings. The predicted molar refractivity (Wildman–Crippen MR) is 76.8 cm³/mol. The maximum Gasteiger partial charge on any atom is 0.242 e. The molecule has 0 saturated heterocycles. The van der Waals surface area contributed by atoms with Crippen LogP contribution < -0.4 is 5.32 Å². The number of nitrogens with zero attached hydrogens (tertiary/aromatic N) is 5. The van der Waals surface area contributed by atoms with E-state index in [9.17, 15) is 4.79 Å². The van der Waals surface area contributed by atoms with Crippen molar-refractivity contribution in [3.63, 3.8) is 0 Å². The third kappa shape index (κ3) is 4.82. The number of aromatic amines is 1. The van der Waals surface area contributed by atoms with Gasteiger partial charge in [0.1, 0.15) is 17.5 Å². The molecule has 9 heteroatoms. The number of aryl methyl sites for hydroxylation is 4. The third-order valence-electron chi connectivity index (χ3n) is 2.92. The zero-order valence-electron chi connectivity index (χ0n) is 12.1. The molecule has 0 aromatic carbocycles. The van der Waals surface area contributed by atoms with Crippen LogP contribution in [-0.4, -0.2) is 42.4 Å². The average Bonchev–Trinajstić information content (AvgIpc) is 2.98. The van der Waals surface area contributed by atoms with E-state index in [1.807, 2.05) is 18.5 Å². The second kappa shape index (κ2) is 7.16. The van der Waals surface area contributed by atoms with Crippen LogP contribution in [0.4, 0.5) is 0 Å². The molecule has 1 amide bonds. The summed E-state index contributed by atoms with van der Waals surface area (Å²) in [4.78, 5) is 19.8. The van der Waals surface area contributed by atoms with Crippen LogP contribution in [0.25, 0.3) is 0 Å². The summed E-state index contributed by atoms with van der Waals surface area (Å²) in [6, 6.07) is 0. The van der Waals surface area contributed by atoms with Crippen LogP contribution in [0.5, 0.6) is 0 Å². The summed E-state index contributed by atoms with van der Waals surface area (Å²) in [5.41, 5.74) is 0. The lowest BCUT2D eigenvalue weighted by molar-refractivity contribution is -0.121. The molecule has 0 spiro atoms. The maximum absolute atomic E-state index is 11.7. The van der Waals surface area contributed by atoms with Gasteiger partial charge in [0.15, 0.2) is 0 Å². The van der Waals surface area contributed by atoms with Gasteiger partial charge in [0.25, 0.3) is 0 Å². The quantitative estimate of drug-likeness (QED) is 0.737. The largest absolute Gasteiger partial charge is 0.356 e. The van der Waals surface area contributed by atoms with E-state index in [2.05, 4.69) is 30.6 Å². The van der Waals surface area contributed by atoms with Gasteiger partial charge in [-0.2, -0.15) is 5.10 Å². The Morgan fingerprint density at radius 2 is 2.19 bits per heavy atom. The average molecular weight is 312 g/mol. The van der Waals surface area contributed by atoms with E-state index in [1.165, 1.54) is 0 Å². The molecular weight excluding hydrogens is 294 g/mol. The highest BCUT2D eigenvalue weighted by molar-refractivity contribution is 6.28. The Hall–Kier alpha value is -1.96. The van der Waals surface area contributed by atoms with Crippen LogP contribution in [0, 0.1) is 13.8 Å². The lowest BCUT2D eigenvalue weighted by Gasteiger charge is -2.05. The van der Waals surface area contributed by atoms with Crippen LogP contribution in [-0.2, 0) is 17.8 Å². The number of rotatable bonds is 7. The van der Waals surface area contributed by atoms with E-state index in [0.29, 0.717) is 25.2 Å². The Morgan fingerprint density at radius 1 is 1.38 bits per heavy atom. The molecule has 2 aromatic heterocycles. The first-order valence-electron chi connectivity index (χ1n) is 6.76. The van der Waals surface area contributed by atoms with Gasteiger partial charge in [0, 0.05) is 25.9 Å². The van der Waals surface area contributed by atoms with Crippen molar-refractivity contribution in [3.05, 3.63) is 22.8 Å². The van der Waals surface area contributed by atoms with E-state index in [4.69, 9.17) is 11.6 Å². The highest BCUT2D eigenvalue weighted by Gasteiger charge is 2.06. The lowest BCUT2D eigenvalue weighted by atomic mass is 10.3. The summed E-state index contributed by atoms with van der Waals surface area (Å²) in [5.74, 6) is 2.25. The molecule has 0 aliphatic carbocycles. The number of amides is 1. The Kier molecular flexibility index (Phi) is 5.26. The SMILES string of the molecule is Cc1nc(C)n(CCCNC(=O)CCc2nc(Cl)n[nH]2)n1. The number of H-pyrrole nitrogens is 1. The normalized spacial score (nSPS) is 10.8. The minimum atomic E-state index is -0.0194. The third-order valence-corrected chi connectivity index (χ3v) is 3.09. The standard InChI is InChI=1S/C12H18ClN7O/c1-8-15-9(2)20(19-8)7-3-6-14-11(21)5-4-10-16-12(13)18-17-10/h3-7H2,1-2H3,(H,14,21)(H,16,17,18). The van der Waals surface area contributed by atoms with Gasteiger partial charge in [0.05, 0.1) is 0 Å². The van der Waals surface area contributed by atoms with E-state index in [0.717, 1.165) is 24.6 Å². The monoisotopic (exact) mass is 311 g/mol. The summed E-state index contributed by atoms with van der Waals surface area (Å²) in [7, 11) is 0. The first-order valence-corrected chi connectivity index (χ1v) is 7.14. The minimum absolute atomic E-state index is 0.0194. The van der Waals surface area contributed by atoms with E-state index < -0.39 is 0 Å². The van der Waals surface area contributed by atoms with Crippen LogP contribution in [0.3, 0.4) is 0 Å². The summed E-state index contributed by atoms with van der Waals surface area (Å²) in [6.07, 6.45) is 1.66. The number of hydrogen-bond donors (Lipinski definition) is 2. The number of aromatic nitrogens is 6. The highest BCUT2D eigenvalue weighted by atomic mass is 35.5. The van der Waals surface area contributed by atoms with Crippen molar-refractivity contribution in [3.8, 4) is 0 Å². The summed E-state index contributed by atoms with van der Waals surface area (Å²) in [5, 5.41) is 13.7. The van der Waals surface area contributed by atoms with Crippen molar-refractivity contribution in [1.29, 1.82) is 0 Å². The molecule has 0 saturated carbocycles. The van der Waals surface area contributed by atoms with Gasteiger partial charge in [-0.3, -0.25) is 14.6 Å². The molecule has 0 radical (unpaired) electrons. The van der Waals surface area contributed by atoms with E-state index in [-0.39, 0.29) is 11.2 Å². The number of carbonyl (C=O) groups excluding carboxylic acids is 1. The van der Waals surface area contributed by atoms with Crippen LogP contribution in [0.15, 0.2) is 0 Å². The van der Waals surface area contributed by atoms with E-state index >= 15 is 0 Å². The van der Waals surface area contributed by atoms with Crippen LogP contribution >= 0.6 is 11.6 Å². The summed E-state index contributed by atoms with van der Waals surface area (Å²) >= 11 is 5.58. The van der Waals surface area contributed by atoms with Gasteiger partial charge in [-0.05, 0) is 31.9 Å². The van der Waals surface area contributed by atoms with Gasteiger partial charge < -0.3 is 5.32 Å². The van der Waals surface area contributed by atoms with Crippen molar-refractivity contribution in [2.24, 2.45) is 0 Å². The molecule has 2 rings (SSSR count). The molecule has 0 atom stereocenters. The number of nitrogens with one attached hydrogen (secondary N) is 2. The molecule has 0 bridgehead atoms. The van der Waals surface area contributed by atoms with Gasteiger partial charge in [-0.25, -0.2) is 9.97 Å². The molecule has 0 unspecified atom stereocenters. The van der Waals surface area contributed by atoms with Crippen molar-refractivity contribution in [2.45, 2.75) is 39.7 Å². The summed E-state index contributed by atoms with van der Waals surface area (Å²) in [6.45, 7) is 5.13. The first-order chi connectivity index (χ1) is 10.0. The highest BCUT2D eigenvalue weighted by Crippen LogP contribution is 2.01. The predicted octanol–water partition coefficient (Wildman–Crippen LogP) is 0.806. The van der Waals surface area contributed by atoms with Crippen LogP contribution in [0.2, 0.25) is 5.28 Å². The van der Waals surface area contributed by atoms with Crippen molar-refractivity contribution < 1.29 is 4.79 Å². The zero-order chi connectivity index (χ0) is 15.2. The van der Waals surface area contributed by atoms with Crippen LogP contribution in [0.1, 0.15) is 30.3 Å². The van der Waals surface area contributed by atoms with Crippen molar-refractivity contribution >= 4 is 17.5 Å². The molecule has 114 valence electrons. The molecule has 2 heterocycles. The summed E-state index contributed by atoms with van der Waals surface area (Å²) < 4.78 is 1.85. The van der Waals surface area contributed by atoms with Crippen molar-refractivity contribution in [1.82, 2.24) is 35.3 Å². The number of carbonyl (C=O) groups is 1. The molecule has 0 fully saturated rings. The minimum Gasteiger partial charge on any atom is -0.356 e. The Labute approximate surface area is 127 Å². The Morgan fingerprint density at radius 3 is 2.81 bits per heavy atom. The van der Waals surface area contributed by atoms with Crippen molar-refractivity contribution in [2.75, 3.05) is 6.54 Å². The Bertz CT molecular complexity index is 607. The lowest BCUT2D eigenvalue weighted by Crippen LogP contribution is -2.25. The molecule has 8 nitrogen and oxygen atoms in total. The molecule has 21 heavy (non-hydrogen) atoms. The van der Waals surface area contributed by atoms with Gasteiger partial charge in [-0.15, -0.1) is 5.10 Å². The smallest absolute Gasteiger partial charge is 0.242 e. The molecular formula is C12H18ClN7O. The van der Waals surface area contributed by atoms with E-state index in [1.54, 1.807) is 0 Å². The molecule has 2 aromatic rings. The second-order valence-electron chi connectivity index (χ2n) is 4.68. The number of hydrogen-bond acceptors (Lipinski definition) is 5. The molecule has 0 aliphatic heterocycles. The van der Waals surface area contributed by atoms with Gasteiger partial charge in [0.2, 0.25) is 11.2 Å². The topological polar surface area (TPSA) is 101 Å². The maximum atomic E-state index is 11.7.